The fourth-order valence-electron chi connectivity index (χ4n) is 1.83. The monoisotopic (exact) mass is 283 g/mol. The lowest BCUT2D eigenvalue weighted by Crippen LogP contribution is -2.04. The van der Waals surface area contributed by atoms with Gasteiger partial charge in [0.15, 0.2) is 0 Å². The van der Waals surface area contributed by atoms with Crippen LogP contribution in [0.2, 0.25) is 0 Å². The number of rotatable bonds is 6. The number of anilines is 3. The molecule has 21 heavy (non-hydrogen) atoms. The molecule has 0 unspecified atom stereocenters. The number of para-hydroxylation sites is 1. The van der Waals surface area contributed by atoms with Crippen LogP contribution in [0.3, 0.4) is 0 Å². The number of nitrogens with one attached hydrogen (secondary N) is 2. The Hall–Kier alpha value is -2.81. The zero-order chi connectivity index (χ0) is 15.1. The molecule has 0 radical (unpaired) electrons. The van der Waals surface area contributed by atoms with Crippen LogP contribution in [0.15, 0.2) is 30.6 Å². The third kappa shape index (κ3) is 3.60. The van der Waals surface area contributed by atoms with Gasteiger partial charge in [0, 0.05) is 12.6 Å². The Morgan fingerprint density at radius 3 is 2.81 bits per heavy atom. The maximum atomic E-state index is 9.20. The van der Waals surface area contributed by atoms with Crippen molar-refractivity contribution in [2.45, 2.75) is 13.3 Å². The molecule has 0 amide bonds. The lowest BCUT2D eigenvalue weighted by molar-refractivity contribution is 0.416. The summed E-state index contributed by atoms with van der Waals surface area (Å²) in [7, 11) is 1.57. The lowest BCUT2D eigenvalue weighted by atomic mass is 10.2. The number of hydrogen-bond acceptors (Lipinski definition) is 6. The summed E-state index contributed by atoms with van der Waals surface area (Å²) in [5.74, 6) is 1.93. The average molecular weight is 283 g/mol. The predicted molar refractivity (Wildman–Crippen MR) is 81.8 cm³/mol. The van der Waals surface area contributed by atoms with Gasteiger partial charge in [0.05, 0.1) is 12.7 Å². The summed E-state index contributed by atoms with van der Waals surface area (Å²) < 4.78 is 5.28. The Morgan fingerprint density at radius 1 is 1.29 bits per heavy atom. The number of benzene rings is 1. The Balaban J connectivity index is 2.28. The summed E-state index contributed by atoms with van der Waals surface area (Å²) in [5, 5.41) is 15.5. The Morgan fingerprint density at radius 2 is 2.10 bits per heavy atom. The molecule has 108 valence electrons. The number of nitriles is 1. The number of hydrogen-bond donors (Lipinski definition) is 2. The van der Waals surface area contributed by atoms with E-state index in [4.69, 9.17) is 4.74 Å². The summed E-state index contributed by atoms with van der Waals surface area (Å²) >= 11 is 0. The number of methoxy groups -OCH3 is 1. The zero-order valence-electron chi connectivity index (χ0n) is 12.1. The van der Waals surface area contributed by atoms with Crippen molar-refractivity contribution in [1.29, 1.82) is 5.26 Å². The number of aromatic nitrogens is 2. The molecule has 0 aliphatic heterocycles. The lowest BCUT2D eigenvalue weighted by Gasteiger charge is -2.12. The highest BCUT2D eigenvalue weighted by atomic mass is 16.5. The molecule has 2 rings (SSSR count). The number of ether oxygens (including phenoxy) is 1. The maximum absolute atomic E-state index is 9.20. The molecule has 0 aliphatic rings. The van der Waals surface area contributed by atoms with Crippen LogP contribution in [0.1, 0.15) is 18.9 Å². The van der Waals surface area contributed by atoms with Gasteiger partial charge < -0.3 is 15.4 Å². The van der Waals surface area contributed by atoms with Crippen molar-refractivity contribution in [3.63, 3.8) is 0 Å². The van der Waals surface area contributed by atoms with E-state index < -0.39 is 0 Å². The van der Waals surface area contributed by atoms with Gasteiger partial charge in [-0.1, -0.05) is 13.0 Å². The van der Waals surface area contributed by atoms with E-state index in [-0.39, 0.29) is 0 Å². The molecular formula is C15H17N5O. The summed E-state index contributed by atoms with van der Waals surface area (Å²) in [5.41, 5.74) is 1.10. The Labute approximate surface area is 123 Å². The number of nitrogens with zero attached hydrogens (tertiary/aromatic N) is 3. The van der Waals surface area contributed by atoms with Gasteiger partial charge in [0.1, 0.15) is 35.5 Å². The van der Waals surface area contributed by atoms with Crippen molar-refractivity contribution in [1.82, 2.24) is 9.97 Å². The van der Waals surface area contributed by atoms with E-state index in [1.807, 2.05) is 0 Å². The quantitative estimate of drug-likeness (QED) is 0.848. The van der Waals surface area contributed by atoms with Gasteiger partial charge in [-0.25, -0.2) is 9.97 Å². The maximum Gasteiger partial charge on any atom is 0.143 e. The molecule has 1 heterocycles. The van der Waals surface area contributed by atoms with E-state index in [1.54, 1.807) is 31.4 Å². The molecule has 1 aromatic carbocycles. The second-order valence-electron chi connectivity index (χ2n) is 4.33. The minimum Gasteiger partial charge on any atom is -0.495 e. The standard InChI is InChI=1S/C15H17N5O/c1-3-7-17-13-8-14(19-10-18-13)20-15-11(9-16)5-4-6-12(15)21-2/h4-6,8,10H,3,7H2,1-2H3,(H2,17,18,19,20). The predicted octanol–water partition coefficient (Wildman–Crippen LogP) is 2.92. The average Bonchev–Trinajstić information content (AvgIpc) is 2.53. The van der Waals surface area contributed by atoms with Crippen molar-refractivity contribution in [3.05, 3.63) is 36.2 Å². The molecule has 0 atom stereocenters. The first-order chi connectivity index (χ1) is 10.3. The van der Waals surface area contributed by atoms with Crippen LogP contribution in [0.4, 0.5) is 17.3 Å². The molecule has 0 spiro atoms. The van der Waals surface area contributed by atoms with Crippen LogP contribution in [0, 0.1) is 11.3 Å². The van der Waals surface area contributed by atoms with E-state index in [0.717, 1.165) is 18.8 Å². The molecule has 6 nitrogen and oxygen atoms in total. The second kappa shape index (κ2) is 7.10. The fraction of sp³-hybridized carbons (Fsp3) is 0.267. The van der Waals surface area contributed by atoms with Crippen LogP contribution in [-0.4, -0.2) is 23.6 Å². The minimum atomic E-state index is 0.496. The third-order valence-corrected chi connectivity index (χ3v) is 2.84. The van der Waals surface area contributed by atoms with Crippen LogP contribution in [-0.2, 0) is 0 Å². The van der Waals surface area contributed by atoms with E-state index in [9.17, 15) is 5.26 Å². The van der Waals surface area contributed by atoms with Gasteiger partial charge in [0.2, 0.25) is 0 Å². The first kappa shape index (κ1) is 14.6. The van der Waals surface area contributed by atoms with Gasteiger partial charge in [-0.15, -0.1) is 0 Å². The third-order valence-electron chi connectivity index (χ3n) is 2.84. The summed E-state index contributed by atoms with van der Waals surface area (Å²) in [6.45, 7) is 2.93. The molecule has 0 aliphatic carbocycles. The Bertz CT molecular complexity index is 651. The van der Waals surface area contributed by atoms with Crippen LogP contribution in [0.5, 0.6) is 5.75 Å². The van der Waals surface area contributed by atoms with Crippen LogP contribution in [0.25, 0.3) is 0 Å². The molecule has 0 saturated carbocycles. The molecule has 2 aromatic rings. The largest absolute Gasteiger partial charge is 0.495 e. The molecule has 1 aromatic heterocycles. The van der Waals surface area contributed by atoms with Gasteiger partial charge >= 0.3 is 0 Å². The molecular weight excluding hydrogens is 266 g/mol. The highest BCUT2D eigenvalue weighted by Gasteiger charge is 2.10. The Kier molecular flexibility index (Phi) is 4.94. The van der Waals surface area contributed by atoms with Crippen LogP contribution >= 0.6 is 0 Å². The first-order valence-electron chi connectivity index (χ1n) is 6.68. The van der Waals surface area contributed by atoms with Crippen LogP contribution < -0.4 is 15.4 Å². The van der Waals surface area contributed by atoms with E-state index in [2.05, 4.69) is 33.6 Å². The minimum absolute atomic E-state index is 0.496. The topological polar surface area (TPSA) is 82.9 Å². The second-order valence-corrected chi connectivity index (χ2v) is 4.33. The summed E-state index contributed by atoms with van der Waals surface area (Å²) in [6, 6.07) is 9.22. The summed E-state index contributed by atoms with van der Waals surface area (Å²) in [6.07, 6.45) is 2.49. The van der Waals surface area contributed by atoms with Crippen molar-refractivity contribution in [3.8, 4) is 11.8 Å². The van der Waals surface area contributed by atoms with Gasteiger partial charge in [-0.05, 0) is 18.6 Å². The zero-order valence-corrected chi connectivity index (χ0v) is 12.1. The smallest absolute Gasteiger partial charge is 0.143 e. The van der Waals surface area contributed by atoms with E-state index in [1.165, 1.54) is 6.33 Å². The van der Waals surface area contributed by atoms with Crippen molar-refractivity contribution >= 4 is 17.3 Å². The molecule has 0 fully saturated rings. The van der Waals surface area contributed by atoms with E-state index in [0.29, 0.717) is 22.8 Å². The summed E-state index contributed by atoms with van der Waals surface area (Å²) in [4.78, 5) is 8.31. The van der Waals surface area contributed by atoms with Gasteiger partial charge in [-0.3, -0.25) is 0 Å². The molecule has 0 bridgehead atoms. The van der Waals surface area contributed by atoms with E-state index >= 15 is 0 Å². The highest BCUT2D eigenvalue weighted by molar-refractivity contribution is 5.72. The molecule has 0 saturated heterocycles. The van der Waals surface area contributed by atoms with Crippen molar-refractivity contribution < 1.29 is 4.74 Å². The molecule has 6 heteroatoms. The van der Waals surface area contributed by atoms with Crippen molar-refractivity contribution in [2.24, 2.45) is 0 Å². The van der Waals surface area contributed by atoms with Gasteiger partial charge in [-0.2, -0.15) is 5.26 Å². The van der Waals surface area contributed by atoms with Crippen molar-refractivity contribution in [2.75, 3.05) is 24.3 Å². The van der Waals surface area contributed by atoms with Gasteiger partial charge in [0.25, 0.3) is 0 Å². The first-order valence-corrected chi connectivity index (χ1v) is 6.68. The normalized spacial score (nSPS) is 9.76. The molecule has 2 N–H and O–H groups in total. The fourth-order valence-corrected chi connectivity index (χ4v) is 1.83. The highest BCUT2D eigenvalue weighted by Crippen LogP contribution is 2.30. The SMILES string of the molecule is CCCNc1cc(Nc2c(C#N)cccc2OC)ncn1.